The molecule has 0 spiro atoms. The number of rotatable bonds is 7. The Kier molecular flexibility index (Phi) is 7.23. The maximum Gasteiger partial charge on any atom is 0.315 e. The second-order valence-corrected chi connectivity index (χ2v) is 6.52. The summed E-state index contributed by atoms with van der Waals surface area (Å²) in [5, 5.41) is 8.00. The largest absolute Gasteiger partial charge is 0.491 e. The van der Waals surface area contributed by atoms with Gasteiger partial charge in [0.25, 0.3) is 0 Å². The van der Waals surface area contributed by atoms with Crippen molar-refractivity contribution < 1.29 is 14.3 Å². The molecule has 0 aliphatic heterocycles. The van der Waals surface area contributed by atoms with Crippen molar-refractivity contribution in [1.82, 2.24) is 10.6 Å². The van der Waals surface area contributed by atoms with E-state index >= 15 is 0 Å². The lowest BCUT2D eigenvalue weighted by molar-refractivity contribution is -0.115. The van der Waals surface area contributed by atoms with Crippen molar-refractivity contribution in [2.75, 3.05) is 25.0 Å². The quantitative estimate of drug-likeness (QED) is 0.656. The van der Waals surface area contributed by atoms with Gasteiger partial charge in [-0.05, 0) is 56.5 Å². The summed E-state index contributed by atoms with van der Waals surface area (Å²) in [5.74, 6) is 0.529. The minimum Gasteiger partial charge on any atom is -0.491 e. The number of carbonyl (C=O) groups is 2. The molecule has 0 saturated heterocycles. The van der Waals surface area contributed by atoms with E-state index < -0.39 is 6.03 Å². The van der Waals surface area contributed by atoms with Crippen LogP contribution in [-0.4, -0.2) is 31.6 Å². The van der Waals surface area contributed by atoms with Gasteiger partial charge in [0.1, 0.15) is 12.4 Å². The van der Waals surface area contributed by atoms with E-state index in [2.05, 4.69) is 16.0 Å². The predicted molar refractivity (Wildman–Crippen MR) is 107 cm³/mol. The molecule has 2 aromatic rings. The van der Waals surface area contributed by atoms with Crippen LogP contribution in [0.3, 0.4) is 0 Å². The summed E-state index contributed by atoms with van der Waals surface area (Å²) in [6.45, 7) is 8.54. The van der Waals surface area contributed by atoms with E-state index in [1.54, 1.807) is 0 Å². The van der Waals surface area contributed by atoms with E-state index in [1.807, 2.05) is 64.1 Å². The van der Waals surface area contributed by atoms with Crippen LogP contribution in [0.15, 0.2) is 36.4 Å². The van der Waals surface area contributed by atoms with Crippen molar-refractivity contribution in [1.29, 1.82) is 0 Å². The first-order valence-electron chi connectivity index (χ1n) is 8.94. The Labute approximate surface area is 160 Å². The molecule has 0 aliphatic carbocycles. The molecule has 0 bridgehead atoms. The number of amides is 3. The summed E-state index contributed by atoms with van der Waals surface area (Å²) in [6, 6.07) is 11.2. The number of urea groups is 1. The molecule has 0 atom stereocenters. The molecule has 0 aliphatic rings. The second-order valence-electron chi connectivity index (χ2n) is 6.52. The highest BCUT2D eigenvalue weighted by Crippen LogP contribution is 2.18. The van der Waals surface area contributed by atoms with E-state index in [1.165, 1.54) is 5.56 Å². The molecule has 0 saturated carbocycles. The highest BCUT2D eigenvalue weighted by Gasteiger charge is 2.08. The van der Waals surface area contributed by atoms with Gasteiger partial charge in [-0.3, -0.25) is 4.79 Å². The van der Waals surface area contributed by atoms with Crippen LogP contribution < -0.4 is 20.7 Å². The topological polar surface area (TPSA) is 79.5 Å². The van der Waals surface area contributed by atoms with Gasteiger partial charge in [0, 0.05) is 5.69 Å². The van der Waals surface area contributed by atoms with Crippen LogP contribution in [0.5, 0.6) is 5.75 Å². The number of aryl methyl sites for hydroxylation is 3. The van der Waals surface area contributed by atoms with Crippen molar-refractivity contribution in [2.45, 2.75) is 27.7 Å². The van der Waals surface area contributed by atoms with Gasteiger partial charge in [-0.15, -0.1) is 0 Å². The minimum absolute atomic E-state index is 0.100. The second kappa shape index (κ2) is 9.62. The van der Waals surface area contributed by atoms with E-state index in [4.69, 9.17) is 4.74 Å². The molecule has 6 nitrogen and oxygen atoms in total. The molecule has 144 valence electrons. The fraction of sp³-hybridized carbons (Fsp3) is 0.333. The lowest BCUT2D eigenvalue weighted by atomic mass is 10.1. The standard InChI is InChI=1S/C21H27N3O3/c1-14-8-9-19(16(3)12-14)27-11-10-22-21(26)23-13-20(25)24-18-7-5-6-15(2)17(18)4/h5-9,12H,10-11,13H2,1-4H3,(H,24,25)(H2,22,23,26). The predicted octanol–water partition coefficient (Wildman–Crippen LogP) is 3.24. The van der Waals surface area contributed by atoms with Crippen LogP contribution in [0, 0.1) is 27.7 Å². The van der Waals surface area contributed by atoms with Crippen molar-refractivity contribution in [3.05, 3.63) is 58.7 Å². The number of benzene rings is 2. The molecule has 0 unspecified atom stereocenters. The van der Waals surface area contributed by atoms with Crippen LogP contribution in [0.25, 0.3) is 0 Å². The first kappa shape index (κ1) is 20.3. The summed E-state index contributed by atoms with van der Waals surface area (Å²) in [7, 11) is 0. The van der Waals surface area contributed by atoms with Gasteiger partial charge in [-0.1, -0.05) is 29.8 Å². The summed E-state index contributed by atoms with van der Waals surface area (Å²) in [4.78, 5) is 23.8. The average molecular weight is 369 g/mol. The highest BCUT2D eigenvalue weighted by atomic mass is 16.5. The molecule has 2 rings (SSSR count). The molecule has 0 fully saturated rings. The Morgan fingerprint density at radius 1 is 0.963 bits per heavy atom. The number of carbonyl (C=O) groups excluding carboxylic acids is 2. The summed E-state index contributed by atoms with van der Waals surface area (Å²) < 4.78 is 5.65. The number of anilines is 1. The van der Waals surface area contributed by atoms with E-state index in [-0.39, 0.29) is 12.5 Å². The van der Waals surface area contributed by atoms with Gasteiger partial charge < -0.3 is 20.7 Å². The summed E-state index contributed by atoms with van der Waals surface area (Å²) >= 11 is 0. The molecule has 2 aromatic carbocycles. The molecule has 6 heteroatoms. The number of nitrogens with one attached hydrogen (secondary N) is 3. The van der Waals surface area contributed by atoms with E-state index in [0.29, 0.717) is 13.2 Å². The summed E-state index contributed by atoms with van der Waals surface area (Å²) in [5.41, 5.74) is 5.10. The minimum atomic E-state index is -0.407. The molecule has 0 aromatic heterocycles. The lowest BCUT2D eigenvalue weighted by Crippen LogP contribution is -2.41. The van der Waals surface area contributed by atoms with Gasteiger partial charge >= 0.3 is 6.03 Å². The Balaban J connectivity index is 1.67. The van der Waals surface area contributed by atoms with Gasteiger partial charge in [-0.2, -0.15) is 0 Å². The van der Waals surface area contributed by atoms with Crippen molar-refractivity contribution in [2.24, 2.45) is 0 Å². The third-order valence-electron chi connectivity index (χ3n) is 4.26. The fourth-order valence-corrected chi connectivity index (χ4v) is 2.59. The smallest absolute Gasteiger partial charge is 0.315 e. The zero-order chi connectivity index (χ0) is 19.8. The van der Waals surface area contributed by atoms with E-state index in [9.17, 15) is 9.59 Å². The van der Waals surface area contributed by atoms with Gasteiger partial charge in [0.15, 0.2) is 0 Å². The van der Waals surface area contributed by atoms with Crippen LogP contribution in [0.2, 0.25) is 0 Å². The first-order valence-corrected chi connectivity index (χ1v) is 8.94. The van der Waals surface area contributed by atoms with Gasteiger partial charge in [0.05, 0.1) is 13.1 Å². The summed E-state index contributed by atoms with van der Waals surface area (Å²) in [6.07, 6.45) is 0. The molecule has 3 N–H and O–H groups in total. The maximum absolute atomic E-state index is 12.0. The molecular formula is C21H27N3O3. The Bertz CT molecular complexity index is 818. The monoisotopic (exact) mass is 369 g/mol. The zero-order valence-corrected chi connectivity index (χ0v) is 16.3. The molecule has 27 heavy (non-hydrogen) atoms. The third kappa shape index (κ3) is 6.33. The third-order valence-corrected chi connectivity index (χ3v) is 4.26. The fourth-order valence-electron chi connectivity index (χ4n) is 2.59. The SMILES string of the molecule is Cc1ccc(OCCNC(=O)NCC(=O)Nc2cccc(C)c2C)c(C)c1. The van der Waals surface area contributed by atoms with Crippen LogP contribution in [0.1, 0.15) is 22.3 Å². The number of hydrogen-bond acceptors (Lipinski definition) is 3. The zero-order valence-electron chi connectivity index (χ0n) is 16.3. The van der Waals surface area contributed by atoms with Crippen molar-refractivity contribution in [3.8, 4) is 5.75 Å². The van der Waals surface area contributed by atoms with Gasteiger partial charge in [0.2, 0.25) is 5.91 Å². The van der Waals surface area contributed by atoms with E-state index in [0.717, 1.165) is 28.1 Å². The molecular weight excluding hydrogens is 342 g/mol. The average Bonchev–Trinajstić information content (AvgIpc) is 2.62. The van der Waals surface area contributed by atoms with Gasteiger partial charge in [-0.25, -0.2) is 4.79 Å². The Hall–Kier alpha value is -3.02. The lowest BCUT2D eigenvalue weighted by Gasteiger charge is -2.12. The highest BCUT2D eigenvalue weighted by molar-refractivity contribution is 5.95. The van der Waals surface area contributed by atoms with Crippen molar-refractivity contribution in [3.63, 3.8) is 0 Å². The molecule has 3 amide bonds. The number of ether oxygens (including phenoxy) is 1. The van der Waals surface area contributed by atoms with Crippen LogP contribution >= 0.6 is 0 Å². The molecule has 0 heterocycles. The van der Waals surface area contributed by atoms with Crippen molar-refractivity contribution >= 4 is 17.6 Å². The normalized spacial score (nSPS) is 10.2. The maximum atomic E-state index is 12.0. The van der Waals surface area contributed by atoms with Crippen LogP contribution in [-0.2, 0) is 4.79 Å². The Morgan fingerprint density at radius 3 is 2.48 bits per heavy atom. The number of hydrogen-bond donors (Lipinski definition) is 3. The first-order chi connectivity index (χ1) is 12.9. The molecule has 0 radical (unpaired) electrons. The Morgan fingerprint density at radius 2 is 1.74 bits per heavy atom. The van der Waals surface area contributed by atoms with Crippen LogP contribution in [0.4, 0.5) is 10.5 Å².